The van der Waals surface area contributed by atoms with Crippen molar-refractivity contribution in [3.63, 3.8) is 0 Å². The Balaban J connectivity index is 1.54. The SMILES string of the molecule is Cc1ccsc1C(=O)N1CCc2nnc([C@@H]3C[C@@H](O)CN3C(C)C)n2CC1. The first-order valence-electron chi connectivity index (χ1n) is 9.65. The summed E-state index contributed by atoms with van der Waals surface area (Å²) in [5, 5.41) is 21.0. The fourth-order valence-corrected chi connectivity index (χ4v) is 5.09. The fraction of sp³-hybridized carbons (Fsp3) is 0.632. The monoisotopic (exact) mass is 389 g/mol. The van der Waals surface area contributed by atoms with E-state index in [2.05, 4.69) is 33.5 Å². The van der Waals surface area contributed by atoms with Crippen molar-refractivity contribution in [2.75, 3.05) is 19.6 Å². The number of aryl methyl sites for hydroxylation is 1. The average molecular weight is 390 g/mol. The van der Waals surface area contributed by atoms with Crippen molar-refractivity contribution in [2.24, 2.45) is 0 Å². The molecule has 4 heterocycles. The molecule has 0 spiro atoms. The minimum absolute atomic E-state index is 0.0861. The van der Waals surface area contributed by atoms with Crippen LogP contribution in [0.4, 0.5) is 0 Å². The molecule has 2 aromatic heterocycles. The van der Waals surface area contributed by atoms with E-state index in [0.717, 1.165) is 22.1 Å². The zero-order valence-electron chi connectivity index (χ0n) is 16.1. The van der Waals surface area contributed by atoms with Gasteiger partial charge in [-0.2, -0.15) is 0 Å². The molecule has 2 atom stereocenters. The van der Waals surface area contributed by atoms with Gasteiger partial charge in [-0.05, 0) is 44.2 Å². The maximum Gasteiger partial charge on any atom is 0.264 e. The van der Waals surface area contributed by atoms with Crippen LogP contribution < -0.4 is 0 Å². The standard InChI is InChI=1S/C19H27N5O2S/c1-12(2)24-11-14(25)10-15(24)18-21-20-16-4-6-22(7-8-23(16)18)19(26)17-13(3)5-9-27-17/h5,9,12,14-15,25H,4,6-8,10-11H2,1-3H3/t14-,15+/m1/s1. The van der Waals surface area contributed by atoms with Crippen LogP contribution in [0.25, 0.3) is 0 Å². The average Bonchev–Trinajstić information content (AvgIpc) is 3.29. The molecule has 27 heavy (non-hydrogen) atoms. The minimum Gasteiger partial charge on any atom is -0.392 e. The van der Waals surface area contributed by atoms with E-state index < -0.39 is 0 Å². The van der Waals surface area contributed by atoms with Crippen LogP contribution in [0.3, 0.4) is 0 Å². The number of carbonyl (C=O) groups is 1. The Bertz CT molecular complexity index is 830. The van der Waals surface area contributed by atoms with E-state index >= 15 is 0 Å². The van der Waals surface area contributed by atoms with Crippen molar-refractivity contribution in [3.05, 3.63) is 33.5 Å². The van der Waals surface area contributed by atoms with Crippen molar-refractivity contribution < 1.29 is 9.90 Å². The second kappa shape index (κ2) is 7.33. The van der Waals surface area contributed by atoms with Crippen LogP contribution in [0.1, 0.15) is 53.2 Å². The number of amides is 1. The van der Waals surface area contributed by atoms with Gasteiger partial charge in [-0.25, -0.2) is 0 Å². The maximum absolute atomic E-state index is 12.9. The molecule has 0 unspecified atom stereocenters. The van der Waals surface area contributed by atoms with E-state index in [1.807, 2.05) is 23.3 Å². The summed E-state index contributed by atoms with van der Waals surface area (Å²) in [5.74, 6) is 1.98. The predicted molar refractivity (Wildman–Crippen MR) is 104 cm³/mol. The number of thiophene rings is 1. The van der Waals surface area contributed by atoms with Gasteiger partial charge in [-0.3, -0.25) is 9.69 Å². The van der Waals surface area contributed by atoms with Crippen LogP contribution >= 0.6 is 11.3 Å². The van der Waals surface area contributed by atoms with Gasteiger partial charge < -0.3 is 14.6 Å². The summed E-state index contributed by atoms with van der Waals surface area (Å²) in [5.41, 5.74) is 1.04. The van der Waals surface area contributed by atoms with Gasteiger partial charge in [0.1, 0.15) is 5.82 Å². The van der Waals surface area contributed by atoms with Crippen LogP contribution in [-0.2, 0) is 13.0 Å². The smallest absolute Gasteiger partial charge is 0.264 e. The van der Waals surface area contributed by atoms with Gasteiger partial charge in [0, 0.05) is 38.6 Å². The van der Waals surface area contributed by atoms with Crippen molar-refractivity contribution in [1.82, 2.24) is 24.6 Å². The number of fused-ring (bicyclic) bond motifs is 1. The Morgan fingerprint density at radius 3 is 2.81 bits per heavy atom. The molecule has 0 aliphatic carbocycles. The molecule has 1 amide bonds. The third kappa shape index (κ3) is 3.41. The number of aromatic nitrogens is 3. The second-order valence-electron chi connectivity index (χ2n) is 7.80. The number of aliphatic hydroxyl groups excluding tert-OH is 1. The largest absolute Gasteiger partial charge is 0.392 e. The third-order valence-electron chi connectivity index (χ3n) is 5.68. The maximum atomic E-state index is 12.9. The van der Waals surface area contributed by atoms with Gasteiger partial charge in [-0.15, -0.1) is 21.5 Å². The number of carbonyl (C=O) groups excluding carboxylic acids is 1. The molecule has 0 aromatic carbocycles. The normalized spacial score (nSPS) is 23.7. The molecule has 1 saturated heterocycles. The van der Waals surface area contributed by atoms with Crippen molar-refractivity contribution in [3.8, 4) is 0 Å². The number of β-amino-alcohol motifs (C(OH)–C–C–N with tert-alkyl or cyclic N) is 1. The lowest BCUT2D eigenvalue weighted by atomic mass is 10.1. The zero-order valence-corrected chi connectivity index (χ0v) is 16.9. The summed E-state index contributed by atoms with van der Waals surface area (Å²) >= 11 is 1.51. The molecule has 2 aliphatic heterocycles. The van der Waals surface area contributed by atoms with Gasteiger partial charge in [0.25, 0.3) is 5.91 Å². The van der Waals surface area contributed by atoms with Gasteiger partial charge in [0.05, 0.1) is 17.0 Å². The quantitative estimate of drug-likeness (QED) is 0.867. The van der Waals surface area contributed by atoms with Gasteiger partial charge in [-0.1, -0.05) is 0 Å². The Kier molecular flexibility index (Phi) is 5.05. The number of hydrogen-bond acceptors (Lipinski definition) is 6. The highest BCUT2D eigenvalue weighted by molar-refractivity contribution is 7.12. The van der Waals surface area contributed by atoms with Crippen molar-refractivity contribution in [1.29, 1.82) is 0 Å². The molecule has 4 rings (SSSR count). The van der Waals surface area contributed by atoms with E-state index in [1.165, 1.54) is 11.3 Å². The van der Waals surface area contributed by atoms with E-state index in [-0.39, 0.29) is 18.1 Å². The first-order valence-corrected chi connectivity index (χ1v) is 10.5. The topological polar surface area (TPSA) is 74.5 Å². The molecule has 8 heteroatoms. The summed E-state index contributed by atoms with van der Waals surface area (Å²) in [6, 6.07) is 2.42. The Morgan fingerprint density at radius 2 is 2.11 bits per heavy atom. The zero-order chi connectivity index (χ0) is 19.1. The molecule has 2 aliphatic rings. The summed E-state index contributed by atoms with van der Waals surface area (Å²) in [6.07, 6.45) is 1.07. The molecule has 2 aromatic rings. The first kappa shape index (κ1) is 18.6. The molecule has 1 N–H and O–H groups in total. The molecular weight excluding hydrogens is 362 g/mol. The minimum atomic E-state index is -0.323. The highest BCUT2D eigenvalue weighted by Gasteiger charge is 2.37. The van der Waals surface area contributed by atoms with Gasteiger partial charge >= 0.3 is 0 Å². The fourth-order valence-electron chi connectivity index (χ4n) is 4.19. The molecule has 0 saturated carbocycles. The number of rotatable bonds is 3. The summed E-state index contributed by atoms with van der Waals surface area (Å²) in [7, 11) is 0. The van der Waals surface area contributed by atoms with Crippen LogP contribution in [0, 0.1) is 6.92 Å². The second-order valence-corrected chi connectivity index (χ2v) is 8.71. The van der Waals surface area contributed by atoms with Crippen LogP contribution in [0.15, 0.2) is 11.4 Å². The number of nitrogens with zero attached hydrogens (tertiary/aromatic N) is 5. The summed E-state index contributed by atoms with van der Waals surface area (Å²) < 4.78 is 2.17. The lowest BCUT2D eigenvalue weighted by Gasteiger charge is -2.27. The predicted octanol–water partition coefficient (Wildman–Crippen LogP) is 1.86. The van der Waals surface area contributed by atoms with Gasteiger partial charge in [0.15, 0.2) is 5.82 Å². The van der Waals surface area contributed by atoms with E-state index in [0.29, 0.717) is 45.1 Å². The summed E-state index contributed by atoms with van der Waals surface area (Å²) in [6.45, 7) is 8.98. The lowest BCUT2D eigenvalue weighted by Crippen LogP contribution is -2.34. The molecular formula is C19H27N5O2S. The van der Waals surface area contributed by atoms with E-state index in [9.17, 15) is 9.90 Å². The lowest BCUT2D eigenvalue weighted by molar-refractivity contribution is 0.0762. The number of hydrogen-bond donors (Lipinski definition) is 1. The third-order valence-corrected chi connectivity index (χ3v) is 6.68. The molecule has 0 bridgehead atoms. The molecule has 7 nitrogen and oxygen atoms in total. The number of aliphatic hydroxyl groups is 1. The Morgan fingerprint density at radius 1 is 1.30 bits per heavy atom. The number of likely N-dealkylation sites (tertiary alicyclic amines) is 1. The molecule has 1 fully saturated rings. The van der Waals surface area contributed by atoms with Crippen LogP contribution in [-0.4, -0.2) is 67.4 Å². The van der Waals surface area contributed by atoms with E-state index in [4.69, 9.17) is 0 Å². The first-order chi connectivity index (χ1) is 13.0. The van der Waals surface area contributed by atoms with E-state index in [1.54, 1.807) is 0 Å². The highest BCUT2D eigenvalue weighted by Crippen LogP contribution is 2.33. The van der Waals surface area contributed by atoms with Crippen molar-refractivity contribution >= 4 is 17.2 Å². The Labute approximate surface area is 163 Å². The van der Waals surface area contributed by atoms with Crippen LogP contribution in [0.5, 0.6) is 0 Å². The molecule has 146 valence electrons. The van der Waals surface area contributed by atoms with Crippen LogP contribution in [0.2, 0.25) is 0 Å². The van der Waals surface area contributed by atoms with Gasteiger partial charge in [0.2, 0.25) is 0 Å². The molecule has 0 radical (unpaired) electrons. The highest BCUT2D eigenvalue weighted by atomic mass is 32.1. The van der Waals surface area contributed by atoms with Crippen molar-refractivity contribution in [2.45, 2.75) is 58.3 Å². The Hall–Kier alpha value is -1.77. The summed E-state index contributed by atoms with van der Waals surface area (Å²) in [4.78, 5) is 17.9.